The van der Waals surface area contributed by atoms with Gasteiger partial charge in [0.1, 0.15) is 5.75 Å². The monoisotopic (exact) mass is 379 g/mol. The van der Waals surface area contributed by atoms with Gasteiger partial charge in [0, 0.05) is 18.5 Å². The van der Waals surface area contributed by atoms with Crippen LogP contribution >= 0.6 is 0 Å². The van der Waals surface area contributed by atoms with Crippen molar-refractivity contribution in [3.8, 4) is 5.75 Å². The topological polar surface area (TPSA) is 90.8 Å². The van der Waals surface area contributed by atoms with Gasteiger partial charge in [0.15, 0.2) is 0 Å². The third-order valence-electron chi connectivity index (χ3n) is 3.35. The lowest BCUT2D eigenvalue weighted by Gasteiger charge is -2.08. The van der Waals surface area contributed by atoms with Crippen LogP contribution in [0.25, 0.3) is 0 Å². The Kier molecular flexibility index (Phi) is 6.53. The van der Waals surface area contributed by atoms with Crippen LogP contribution in [0.4, 0.5) is 18.9 Å². The summed E-state index contributed by atoms with van der Waals surface area (Å²) in [5, 5.41) is 15.4. The molecule has 2 aromatic carbocycles. The molecule has 0 aliphatic heterocycles. The maximum atomic E-state index is 12.5. The number of nitrogens with zero attached hydrogens (tertiary/aromatic N) is 1. The standard InChI is InChI=1S/C18H16F3N3O3/c19-18(20,21)13-4-6-14(7-5-13)23-16(26)8-9-17(27)24-22-11-12-2-1-3-15(25)10-12/h1-7,10-11,25H,8-9H2,(H,23,26)(H,24,27)/b22-11-. The van der Waals surface area contributed by atoms with Crippen LogP contribution in [0.1, 0.15) is 24.0 Å². The van der Waals surface area contributed by atoms with Gasteiger partial charge in [-0.2, -0.15) is 18.3 Å². The van der Waals surface area contributed by atoms with E-state index in [1.165, 1.54) is 18.3 Å². The van der Waals surface area contributed by atoms with Gasteiger partial charge in [-0.1, -0.05) is 12.1 Å². The molecule has 142 valence electrons. The van der Waals surface area contributed by atoms with E-state index in [-0.39, 0.29) is 24.3 Å². The van der Waals surface area contributed by atoms with Crippen molar-refractivity contribution in [1.82, 2.24) is 5.43 Å². The van der Waals surface area contributed by atoms with Gasteiger partial charge in [-0.3, -0.25) is 9.59 Å². The summed E-state index contributed by atoms with van der Waals surface area (Å²) in [6.45, 7) is 0. The molecule has 0 bridgehead atoms. The number of benzene rings is 2. The molecule has 0 spiro atoms. The van der Waals surface area contributed by atoms with Crippen LogP contribution in [-0.2, 0) is 15.8 Å². The van der Waals surface area contributed by atoms with Crippen molar-refractivity contribution in [2.45, 2.75) is 19.0 Å². The second kappa shape index (κ2) is 8.84. The molecule has 2 rings (SSSR count). The van der Waals surface area contributed by atoms with Gasteiger partial charge >= 0.3 is 6.18 Å². The SMILES string of the molecule is O=C(CCC(=O)Nc1ccc(C(F)(F)F)cc1)N/N=C\c1cccc(O)c1. The van der Waals surface area contributed by atoms with Gasteiger partial charge in [-0.25, -0.2) is 5.43 Å². The number of aromatic hydroxyl groups is 1. The second-order valence-electron chi connectivity index (χ2n) is 5.51. The van der Waals surface area contributed by atoms with Crippen molar-refractivity contribution >= 4 is 23.7 Å². The van der Waals surface area contributed by atoms with E-state index in [9.17, 15) is 27.9 Å². The maximum absolute atomic E-state index is 12.5. The first-order valence-corrected chi connectivity index (χ1v) is 7.82. The third-order valence-corrected chi connectivity index (χ3v) is 3.35. The summed E-state index contributed by atoms with van der Waals surface area (Å²) in [6, 6.07) is 10.2. The van der Waals surface area contributed by atoms with Crippen LogP contribution in [0.2, 0.25) is 0 Å². The Morgan fingerprint density at radius 2 is 1.70 bits per heavy atom. The number of hydrogen-bond acceptors (Lipinski definition) is 4. The van der Waals surface area contributed by atoms with Gasteiger partial charge in [-0.15, -0.1) is 0 Å². The first-order valence-electron chi connectivity index (χ1n) is 7.82. The fraction of sp³-hybridized carbons (Fsp3) is 0.167. The molecule has 0 aliphatic rings. The summed E-state index contributed by atoms with van der Waals surface area (Å²) in [5.74, 6) is -0.957. The summed E-state index contributed by atoms with van der Waals surface area (Å²) in [7, 11) is 0. The third kappa shape index (κ3) is 6.81. The minimum absolute atomic E-state index is 0.0604. The van der Waals surface area contributed by atoms with Crippen LogP contribution in [0.5, 0.6) is 5.75 Å². The van der Waals surface area contributed by atoms with E-state index in [0.717, 1.165) is 24.3 Å². The largest absolute Gasteiger partial charge is 0.508 e. The quantitative estimate of drug-likeness (QED) is 0.531. The molecule has 0 aromatic heterocycles. The van der Waals surface area contributed by atoms with Crippen LogP contribution in [-0.4, -0.2) is 23.1 Å². The molecule has 2 amide bonds. The van der Waals surface area contributed by atoms with Gasteiger partial charge in [0.05, 0.1) is 11.8 Å². The molecule has 9 heteroatoms. The van der Waals surface area contributed by atoms with Gasteiger partial charge in [-0.05, 0) is 42.0 Å². The Bertz CT molecular complexity index is 834. The zero-order valence-corrected chi connectivity index (χ0v) is 14.0. The number of halogens is 3. The van der Waals surface area contributed by atoms with E-state index in [1.807, 2.05) is 0 Å². The Hall–Kier alpha value is -3.36. The minimum Gasteiger partial charge on any atom is -0.508 e. The van der Waals surface area contributed by atoms with E-state index in [2.05, 4.69) is 15.8 Å². The molecule has 0 saturated carbocycles. The predicted octanol–water partition coefficient (Wildman–Crippen LogP) is 3.28. The fourth-order valence-corrected chi connectivity index (χ4v) is 2.03. The van der Waals surface area contributed by atoms with E-state index >= 15 is 0 Å². The van der Waals surface area contributed by atoms with Crippen LogP contribution in [0.15, 0.2) is 53.6 Å². The van der Waals surface area contributed by atoms with Crippen LogP contribution in [0, 0.1) is 0 Å². The molecule has 0 radical (unpaired) electrons. The smallest absolute Gasteiger partial charge is 0.416 e. The minimum atomic E-state index is -4.44. The van der Waals surface area contributed by atoms with E-state index < -0.39 is 23.6 Å². The molecule has 2 aromatic rings. The zero-order chi connectivity index (χ0) is 19.9. The Morgan fingerprint density at radius 1 is 1.04 bits per heavy atom. The maximum Gasteiger partial charge on any atom is 0.416 e. The predicted molar refractivity (Wildman–Crippen MR) is 93.2 cm³/mol. The van der Waals surface area contributed by atoms with Gasteiger partial charge in [0.2, 0.25) is 11.8 Å². The number of rotatable bonds is 6. The lowest BCUT2D eigenvalue weighted by Crippen LogP contribution is -2.20. The van der Waals surface area contributed by atoms with E-state index in [0.29, 0.717) is 5.56 Å². The average Bonchev–Trinajstić information content (AvgIpc) is 2.60. The molecule has 27 heavy (non-hydrogen) atoms. The van der Waals surface area contributed by atoms with Gasteiger partial charge < -0.3 is 10.4 Å². The lowest BCUT2D eigenvalue weighted by atomic mass is 10.2. The highest BCUT2D eigenvalue weighted by Gasteiger charge is 2.29. The highest BCUT2D eigenvalue weighted by Crippen LogP contribution is 2.29. The summed E-state index contributed by atoms with van der Waals surface area (Å²) >= 11 is 0. The van der Waals surface area contributed by atoms with Crippen molar-refractivity contribution in [3.05, 3.63) is 59.7 Å². The van der Waals surface area contributed by atoms with E-state index in [1.54, 1.807) is 12.1 Å². The molecule has 0 aliphatic carbocycles. The Morgan fingerprint density at radius 3 is 2.33 bits per heavy atom. The number of phenolic OH excluding ortho intramolecular Hbond substituents is 1. The lowest BCUT2D eigenvalue weighted by molar-refractivity contribution is -0.137. The molecule has 0 fully saturated rings. The molecular formula is C18H16F3N3O3. The molecule has 0 atom stereocenters. The number of carbonyl (C=O) groups excluding carboxylic acids is 2. The normalized spacial score (nSPS) is 11.4. The van der Waals surface area contributed by atoms with Crippen molar-refractivity contribution in [2.24, 2.45) is 5.10 Å². The number of phenols is 1. The Balaban J connectivity index is 1.75. The number of carbonyl (C=O) groups is 2. The number of anilines is 1. The number of nitrogens with one attached hydrogen (secondary N) is 2. The van der Waals surface area contributed by atoms with Crippen LogP contribution in [0.3, 0.4) is 0 Å². The summed E-state index contributed by atoms with van der Waals surface area (Å²) in [6.07, 6.45) is -3.42. The molecule has 6 nitrogen and oxygen atoms in total. The van der Waals surface area contributed by atoms with Crippen molar-refractivity contribution in [3.63, 3.8) is 0 Å². The number of hydrogen-bond donors (Lipinski definition) is 3. The second-order valence-corrected chi connectivity index (χ2v) is 5.51. The first kappa shape index (κ1) is 20.0. The number of amides is 2. The molecular weight excluding hydrogens is 363 g/mol. The van der Waals surface area contributed by atoms with Crippen molar-refractivity contribution in [1.29, 1.82) is 0 Å². The summed E-state index contributed by atoms with van der Waals surface area (Å²) in [4.78, 5) is 23.4. The average molecular weight is 379 g/mol. The molecule has 0 unspecified atom stereocenters. The van der Waals surface area contributed by atoms with Crippen molar-refractivity contribution < 1.29 is 27.9 Å². The molecule has 0 saturated heterocycles. The van der Waals surface area contributed by atoms with Crippen molar-refractivity contribution in [2.75, 3.05) is 5.32 Å². The first-order chi connectivity index (χ1) is 12.7. The molecule has 0 heterocycles. The highest BCUT2D eigenvalue weighted by molar-refractivity contribution is 5.93. The number of hydrazone groups is 1. The van der Waals surface area contributed by atoms with Crippen LogP contribution < -0.4 is 10.7 Å². The van der Waals surface area contributed by atoms with E-state index in [4.69, 9.17) is 0 Å². The highest BCUT2D eigenvalue weighted by atomic mass is 19.4. The summed E-state index contributed by atoms with van der Waals surface area (Å²) in [5.41, 5.74) is 2.21. The fourth-order valence-electron chi connectivity index (χ4n) is 2.03. The number of alkyl halides is 3. The Labute approximate surface area is 152 Å². The zero-order valence-electron chi connectivity index (χ0n) is 14.0. The van der Waals surface area contributed by atoms with Gasteiger partial charge in [0.25, 0.3) is 0 Å². The molecule has 3 N–H and O–H groups in total. The summed E-state index contributed by atoms with van der Waals surface area (Å²) < 4.78 is 37.4.